The molecule has 2 amide bonds. The molecule has 0 fully saturated rings. The van der Waals surface area contributed by atoms with Crippen molar-refractivity contribution < 1.29 is 23.8 Å². The first-order valence-corrected chi connectivity index (χ1v) is 7.06. The number of rotatable bonds is 6. The lowest BCUT2D eigenvalue weighted by Gasteiger charge is -2.19. The summed E-state index contributed by atoms with van der Waals surface area (Å²) in [4.78, 5) is 23.7. The zero-order chi connectivity index (χ0) is 16.7. The Bertz CT molecular complexity index is 534. The van der Waals surface area contributed by atoms with Crippen molar-refractivity contribution in [1.29, 1.82) is 0 Å². The van der Waals surface area contributed by atoms with E-state index >= 15 is 0 Å². The molecule has 3 N–H and O–H groups in total. The third-order valence-corrected chi connectivity index (χ3v) is 2.82. The van der Waals surface area contributed by atoms with Crippen LogP contribution in [0, 0.1) is 11.7 Å². The molecule has 122 valence electrons. The summed E-state index contributed by atoms with van der Waals surface area (Å²) in [5, 5.41) is 14.3. The Morgan fingerprint density at radius 3 is 2.64 bits per heavy atom. The average Bonchev–Trinajstić information content (AvgIpc) is 2.43. The van der Waals surface area contributed by atoms with Gasteiger partial charge in [-0.1, -0.05) is 19.9 Å². The Kier molecular flexibility index (Phi) is 6.62. The Labute approximate surface area is 128 Å². The van der Waals surface area contributed by atoms with Crippen LogP contribution in [0.1, 0.15) is 27.2 Å². The zero-order valence-corrected chi connectivity index (χ0v) is 12.9. The standard InChI is InChI=1S/C15H21FN2O4/c1-4-22-14(20)12(8-9(2)3)18-15(21)17-11-7-5-6-10(16)13(11)19/h5-7,9,12,19H,4,8H2,1-3H3,(H2,17,18,21). The van der Waals surface area contributed by atoms with E-state index in [-0.39, 0.29) is 18.2 Å². The summed E-state index contributed by atoms with van der Waals surface area (Å²) in [6, 6.07) is 2.23. The Morgan fingerprint density at radius 1 is 1.36 bits per heavy atom. The minimum atomic E-state index is -0.845. The molecule has 0 saturated carbocycles. The highest BCUT2D eigenvalue weighted by Crippen LogP contribution is 2.25. The predicted octanol–water partition coefficient (Wildman–Crippen LogP) is 2.63. The second kappa shape index (κ2) is 8.21. The molecule has 1 atom stereocenters. The van der Waals surface area contributed by atoms with Crippen LogP contribution in [-0.2, 0) is 9.53 Å². The molecule has 7 heteroatoms. The molecule has 0 aliphatic heterocycles. The Balaban J connectivity index is 2.74. The number of anilines is 1. The lowest BCUT2D eigenvalue weighted by Crippen LogP contribution is -2.44. The van der Waals surface area contributed by atoms with E-state index < -0.39 is 29.6 Å². The second-order valence-electron chi connectivity index (χ2n) is 5.17. The highest BCUT2D eigenvalue weighted by Gasteiger charge is 2.23. The highest BCUT2D eigenvalue weighted by molar-refractivity contribution is 5.93. The molecule has 0 bridgehead atoms. The molecule has 0 heterocycles. The van der Waals surface area contributed by atoms with Crippen LogP contribution in [0.25, 0.3) is 0 Å². The monoisotopic (exact) mass is 312 g/mol. The number of halogens is 1. The smallest absolute Gasteiger partial charge is 0.328 e. The van der Waals surface area contributed by atoms with Crippen molar-refractivity contribution in [2.45, 2.75) is 33.2 Å². The average molecular weight is 312 g/mol. The molecule has 1 aromatic rings. The number of nitrogens with one attached hydrogen (secondary N) is 2. The van der Waals surface area contributed by atoms with Gasteiger partial charge in [-0.2, -0.15) is 0 Å². The van der Waals surface area contributed by atoms with Gasteiger partial charge >= 0.3 is 12.0 Å². The third kappa shape index (κ3) is 5.23. The van der Waals surface area contributed by atoms with Crippen LogP contribution in [0.4, 0.5) is 14.9 Å². The maximum atomic E-state index is 13.2. The van der Waals surface area contributed by atoms with Gasteiger partial charge in [0.15, 0.2) is 11.6 Å². The first-order chi connectivity index (χ1) is 10.3. The van der Waals surface area contributed by atoms with Crippen molar-refractivity contribution in [3.63, 3.8) is 0 Å². The molecular weight excluding hydrogens is 291 g/mol. The maximum absolute atomic E-state index is 13.2. The first kappa shape index (κ1) is 17.7. The predicted molar refractivity (Wildman–Crippen MR) is 80.1 cm³/mol. The number of phenolic OH excluding ortho intramolecular Hbond substituents is 1. The van der Waals surface area contributed by atoms with Crippen LogP contribution < -0.4 is 10.6 Å². The molecule has 1 unspecified atom stereocenters. The number of phenols is 1. The van der Waals surface area contributed by atoms with Crippen LogP contribution in [0.15, 0.2) is 18.2 Å². The summed E-state index contributed by atoms with van der Waals surface area (Å²) < 4.78 is 18.1. The number of hydrogen-bond acceptors (Lipinski definition) is 4. The van der Waals surface area contributed by atoms with Crippen molar-refractivity contribution in [3.8, 4) is 5.75 Å². The topological polar surface area (TPSA) is 87.7 Å². The zero-order valence-electron chi connectivity index (χ0n) is 12.9. The number of urea groups is 1. The molecule has 0 spiro atoms. The van der Waals surface area contributed by atoms with E-state index in [0.717, 1.165) is 6.07 Å². The van der Waals surface area contributed by atoms with Crippen LogP contribution in [0.3, 0.4) is 0 Å². The summed E-state index contributed by atoms with van der Waals surface area (Å²) >= 11 is 0. The molecule has 1 aromatic carbocycles. The molecular formula is C15H21FN2O4. The summed E-state index contributed by atoms with van der Waals surface area (Å²) in [5.74, 6) is -1.87. The summed E-state index contributed by atoms with van der Waals surface area (Å²) in [7, 11) is 0. The molecule has 6 nitrogen and oxygen atoms in total. The molecule has 0 radical (unpaired) electrons. The number of carbonyl (C=O) groups is 2. The van der Waals surface area contributed by atoms with E-state index in [0.29, 0.717) is 6.42 Å². The van der Waals surface area contributed by atoms with Crippen molar-refractivity contribution in [1.82, 2.24) is 5.32 Å². The van der Waals surface area contributed by atoms with E-state index in [1.807, 2.05) is 13.8 Å². The lowest BCUT2D eigenvalue weighted by atomic mass is 10.0. The molecule has 0 aliphatic rings. The van der Waals surface area contributed by atoms with E-state index in [9.17, 15) is 19.1 Å². The van der Waals surface area contributed by atoms with E-state index in [4.69, 9.17) is 4.74 Å². The van der Waals surface area contributed by atoms with Crippen molar-refractivity contribution >= 4 is 17.7 Å². The van der Waals surface area contributed by atoms with Gasteiger partial charge in [0.1, 0.15) is 6.04 Å². The summed E-state index contributed by atoms with van der Waals surface area (Å²) in [6.07, 6.45) is 0.404. The SMILES string of the molecule is CCOC(=O)C(CC(C)C)NC(=O)Nc1cccc(F)c1O. The number of para-hydroxylation sites is 1. The normalized spacial score (nSPS) is 11.9. The third-order valence-electron chi connectivity index (χ3n) is 2.82. The van der Waals surface area contributed by atoms with Gasteiger partial charge in [-0.25, -0.2) is 14.0 Å². The van der Waals surface area contributed by atoms with Crippen molar-refractivity contribution in [3.05, 3.63) is 24.0 Å². The molecule has 22 heavy (non-hydrogen) atoms. The lowest BCUT2D eigenvalue weighted by molar-refractivity contribution is -0.145. The van der Waals surface area contributed by atoms with Crippen molar-refractivity contribution in [2.24, 2.45) is 5.92 Å². The maximum Gasteiger partial charge on any atom is 0.328 e. The number of aromatic hydroxyl groups is 1. The van der Waals surface area contributed by atoms with Gasteiger partial charge in [0.25, 0.3) is 0 Å². The Hall–Kier alpha value is -2.31. The highest BCUT2D eigenvalue weighted by atomic mass is 19.1. The van der Waals surface area contributed by atoms with Gasteiger partial charge in [0.05, 0.1) is 12.3 Å². The van der Waals surface area contributed by atoms with Gasteiger partial charge in [-0.05, 0) is 31.4 Å². The van der Waals surface area contributed by atoms with E-state index in [1.54, 1.807) is 6.92 Å². The molecule has 0 aromatic heterocycles. The van der Waals surface area contributed by atoms with Crippen LogP contribution in [0.2, 0.25) is 0 Å². The fourth-order valence-electron chi connectivity index (χ4n) is 1.86. The second-order valence-corrected chi connectivity index (χ2v) is 5.17. The Morgan fingerprint density at radius 2 is 2.05 bits per heavy atom. The van der Waals surface area contributed by atoms with E-state index in [2.05, 4.69) is 10.6 Å². The quantitative estimate of drug-likeness (QED) is 0.556. The van der Waals surface area contributed by atoms with Crippen LogP contribution >= 0.6 is 0 Å². The minimum absolute atomic E-state index is 0.0790. The number of amides is 2. The molecule has 0 aliphatic carbocycles. The van der Waals surface area contributed by atoms with Gasteiger partial charge in [0, 0.05) is 0 Å². The van der Waals surface area contributed by atoms with Crippen LogP contribution in [0.5, 0.6) is 5.75 Å². The largest absolute Gasteiger partial charge is 0.503 e. The van der Waals surface area contributed by atoms with Gasteiger partial charge < -0.3 is 20.5 Å². The van der Waals surface area contributed by atoms with Crippen molar-refractivity contribution in [2.75, 3.05) is 11.9 Å². The number of esters is 1. The van der Waals surface area contributed by atoms with Crippen LogP contribution in [-0.4, -0.2) is 29.8 Å². The van der Waals surface area contributed by atoms with Gasteiger partial charge in [-0.3, -0.25) is 0 Å². The number of hydrogen-bond donors (Lipinski definition) is 3. The van der Waals surface area contributed by atoms with Gasteiger partial charge in [-0.15, -0.1) is 0 Å². The van der Waals surface area contributed by atoms with Gasteiger partial charge in [0.2, 0.25) is 0 Å². The number of carbonyl (C=O) groups excluding carboxylic acids is 2. The summed E-state index contributed by atoms with van der Waals surface area (Å²) in [5.41, 5.74) is -0.0790. The summed E-state index contributed by atoms with van der Waals surface area (Å²) in [6.45, 7) is 5.70. The first-order valence-electron chi connectivity index (χ1n) is 7.06. The number of ether oxygens (including phenoxy) is 1. The van der Waals surface area contributed by atoms with E-state index in [1.165, 1.54) is 12.1 Å². The minimum Gasteiger partial charge on any atom is -0.503 e. The number of benzene rings is 1. The fraction of sp³-hybridized carbons (Fsp3) is 0.467. The molecule has 0 saturated heterocycles. The molecule has 1 rings (SSSR count). The fourth-order valence-corrected chi connectivity index (χ4v) is 1.86.